The van der Waals surface area contributed by atoms with Gasteiger partial charge in [-0.05, 0) is 66.3 Å². The number of hydrogen-bond donors (Lipinski definition) is 1. The van der Waals surface area contributed by atoms with Crippen LogP contribution < -0.4 is 5.32 Å². The molecule has 0 bridgehead atoms. The minimum absolute atomic E-state index is 0.0309. The summed E-state index contributed by atoms with van der Waals surface area (Å²) < 4.78 is 3.26. The first-order valence-corrected chi connectivity index (χ1v) is 11.2. The van der Waals surface area contributed by atoms with Gasteiger partial charge < -0.3 is 14.8 Å². The summed E-state index contributed by atoms with van der Waals surface area (Å²) in [6.07, 6.45) is 7.60. The van der Waals surface area contributed by atoms with Gasteiger partial charge in [0.2, 0.25) is 0 Å². The summed E-state index contributed by atoms with van der Waals surface area (Å²) in [4.78, 5) is 11.1. The van der Waals surface area contributed by atoms with Crippen LogP contribution in [0.25, 0.3) is 5.69 Å². The minimum atomic E-state index is -0.0637. The highest BCUT2D eigenvalue weighted by Crippen LogP contribution is 2.40. The van der Waals surface area contributed by atoms with Gasteiger partial charge in [-0.25, -0.2) is 0 Å². The lowest BCUT2D eigenvalue weighted by molar-refractivity contribution is 0.302. The third kappa shape index (κ3) is 3.98. The van der Waals surface area contributed by atoms with E-state index in [0.29, 0.717) is 11.7 Å². The standard InChI is InChI=1S/C24H20BrN5S/c25-18-7-3-8-19(14-18)29-13-5-10-21(29)23-22(20-9-1-2-12-27-20)28-24(31)30(23)16-17-6-4-11-26-15-17/h1-15,22-23H,16H2,(H,28,31)/t22-,23-/m0/s1. The summed E-state index contributed by atoms with van der Waals surface area (Å²) in [5.74, 6) is 0. The lowest BCUT2D eigenvalue weighted by Crippen LogP contribution is -2.30. The molecule has 5 rings (SSSR count). The quantitative estimate of drug-likeness (QED) is 0.390. The monoisotopic (exact) mass is 489 g/mol. The highest BCUT2D eigenvalue weighted by molar-refractivity contribution is 9.10. The molecule has 3 aromatic heterocycles. The van der Waals surface area contributed by atoms with Crippen molar-refractivity contribution in [1.82, 2.24) is 24.8 Å². The molecular formula is C24H20BrN5S. The molecule has 0 unspecified atom stereocenters. The molecule has 5 nitrogen and oxygen atoms in total. The van der Waals surface area contributed by atoms with Gasteiger partial charge >= 0.3 is 0 Å². The maximum absolute atomic E-state index is 5.80. The Balaban J connectivity index is 1.61. The van der Waals surface area contributed by atoms with Gasteiger partial charge in [-0.1, -0.05) is 34.1 Å². The fourth-order valence-electron chi connectivity index (χ4n) is 4.08. The molecule has 1 saturated heterocycles. The van der Waals surface area contributed by atoms with Crippen molar-refractivity contribution in [3.63, 3.8) is 0 Å². The Labute approximate surface area is 194 Å². The molecule has 0 amide bonds. The summed E-state index contributed by atoms with van der Waals surface area (Å²) in [6.45, 7) is 0.664. The van der Waals surface area contributed by atoms with E-state index in [4.69, 9.17) is 12.2 Å². The molecule has 7 heteroatoms. The van der Waals surface area contributed by atoms with E-state index in [9.17, 15) is 0 Å². The SMILES string of the molecule is S=C1N[C@@H](c2ccccn2)[C@H](c2cccn2-c2cccc(Br)c2)N1Cc1cccnc1. The summed E-state index contributed by atoms with van der Waals surface area (Å²) in [5.41, 5.74) is 4.31. The predicted octanol–water partition coefficient (Wildman–Crippen LogP) is 5.20. The van der Waals surface area contributed by atoms with Gasteiger partial charge in [0, 0.05) is 47.2 Å². The Bertz CT molecular complexity index is 1190. The van der Waals surface area contributed by atoms with Crippen LogP contribution in [0.2, 0.25) is 0 Å². The van der Waals surface area contributed by atoms with E-state index < -0.39 is 0 Å². The Kier molecular flexibility index (Phi) is 5.53. The van der Waals surface area contributed by atoms with Crippen molar-refractivity contribution in [2.24, 2.45) is 0 Å². The topological polar surface area (TPSA) is 46.0 Å². The molecule has 1 aliphatic rings. The number of halogens is 1. The number of benzene rings is 1. The zero-order valence-corrected chi connectivity index (χ0v) is 19.0. The van der Waals surface area contributed by atoms with Gasteiger partial charge in [-0.3, -0.25) is 9.97 Å². The van der Waals surface area contributed by atoms with E-state index in [1.165, 1.54) is 0 Å². The van der Waals surface area contributed by atoms with Gasteiger partial charge in [0.1, 0.15) is 0 Å². The molecule has 31 heavy (non-hydrogen) atoms. The van der Waals surface area contributed by atoms with Crippen LogP contribution in [0.3, 0.4) is 0 Å². The zero-order valence-electron chi connectivity index (χ0n) is 16.6. The molecule has 154 valence electrons. The van der Waals surface area contributed by atoms with E-state index in [1.54, 1.807) is 6.20 Å². The molecule has 0 aliphatic carbocycles. The summed E-state index contributed by atoms with van der Waals surface area (Å²) in [7, 11) is 0. The maximum Gasteiger partial charge on any atom is 0.170 e. The van der Waals surface area contributed by atoms with Crippen LogP contribution in [-0.2, 0) is 6.54 Å². The summed E-state index contributed by atoms with van der Waals surface area (Å²) in [5, 5.41) is 4.24. The van der Waals surface area contributed by atoms with Crippen molar-refractivity contribution in [3.8, 4) is 5.69 Å². The van der Waals surface area contributed by atoms with Crippen molar-refractivity contribution in [3.05, 3.63) is 113 Å². The van der Waals surface area contributed by atoms with Crippen molar-refractivity contribution in [2.75, 3.05) is 0 Å². The van der Waals surface area contributed by atoms with Gasteiger partial charge in [0.15, 0.2) is 5.11 Å². The van der Waals surface area contributed by atoms with E-state index in [2.05, 4.69) is 77.2 Å². The molecule has 0 saturated carbocycles. The molecule has 4 heterocycles. The third-order valence-corrected chi connectivity index (χ3v) is 6.29. The third-order valence-electron chi connectivity index (χ3n) is 5.44. The summed E-state index contributed by atoms with van der Waals surface area (Å²) in [6, 6.07) is 22.5. The average molecular weight is 490 g/mol. The second kappa shape index (κ2) is 8.61. The molecule has 0 spiro atoms. The minimum Gasteiger partial charge on any atom is -0.352 e. The Morgan fingerprint density at radius 3 is 2.71 bits per heavy atom. The van der Waals surface area contributed by atoms with Gasteiger partial charge in [-0.15, -0.1) is 0 Å². The van der Waals surface area contributed by atoms with Crippen molar-refractivity contribution < 1.29 is 0 Å². The molecular weight excluding hydrogens is 470 g/mol. The first-order chi connectivity index (χ1) is 15.2. The first-order valence-electron chi connectivity index (χ1n) is 10.0. The van der Waals surface area contributed by atoms with Crippen molar-refractivity contribution >= 4 is 33.3 Å². The maximum atomic E-state index is 5.80. The van der Waals surface area contributed by atoms with Gasteiger partial charge in [0.05, 0.1) is 17.8 Å². The highest BCUT2D eigenvalue weighted by Gasteiger charge is 2.41. The zero-order chi connectivity index (χ0) is 21.2. The van der Waals surface area contributed by atoms with Crippen LogP contribution in [0.1, 0.15) is 29.0 Å². The summed E-state index contributed by atoms with van der Waals surface area (Å²) >= 11 is 9.39. The lowest BCUT2D eigenvalue weighted by Gasteiger charge is -2.29. The van der Waals surface area contributed by atoms with Crippen LogP contribution in [0.4, 0.5) is 0 Å². The fourth-order valence-corrected chi connectivity index (χ4v) is 4.77. The molecule has 2 atom stereocenters. The molecule has 4 aromatic rings. The first kappa shape index (κ1) is 19.9. The second-order valence-corrected chi connectivity index (χ2v) is 8.70. The molecule has 1 aromatic carbocycles. The van der Waals surface area contributed by atoms with E-state index in [1.807, 2.05) is 48.8 Å². The Morgan fingerprint density at radius 1 is 1.00 bits per heavy atom. The van der Waals surface area contributed by atoms with Gasteiger partial charge in [-0.2, -0.15) is 0 Å². The largest absolute Gasteiger partial charge is 0.352 e. The van der Waals surface area contributed by atoms with Crippen molar-refractivity contribution in [2.45, 2.75) is 18.6 Å². The number of aromatic nitrogens is 3. The van der Waals surface area contributed by atoms with Crippen LogP contribution in [-0.4, -0.2) is 24.5 Å². The predicted molar refractivity (Wildman–Crippen MR) is 129 cm³/mol. The number of thiocarbonyl (C=S) groups is 1. The van der Waals surface area contributed by atoms with E-state index in [0.717, 1.165) is 27.1 Å². The van der Waals surface area contributed by atoms with Crippen LogP contribution in [0, 0.1) is 0 Å². The normalized spacial score (nSPS) is 18.2. The Morgan fingerprint density at radius 2 is 1.94 bits per heavy atom. The molecule has 1 aliphatic heterocycles. The van der Waals surface area contributed by atoms with E-state index >= 15 is 0 Å². The number of rotatable bonds is 5. The van der Waals surface area contributed by atoms with E-state index in [-0.39, 0.29) is 12.1 Å². The number of nitrogens with one attached hydrogen (secondary N) is 1. The van der Waals surface area contributed by atoms with Crippen molar-refractivity contribution in [1.29, 1.82) is 0 Å². The molecule has 1 N–H and O–H groups in total. The highest BCUT2D eigenvalue weighted by atomic mass is 79.9. The second-order valence-electron chi connectivity index (χ2n) is 7.40. The number of hydrogen-bond acceptors (Lipinski definition) is 3. The number of nitrogens with zero attached hydrogens (tertiary/aromatic N) is 4. The van der Waals surface area contributed by atoms with Crippen LogP contribution >= 0.6 is 28.1 Å². The Hall–Kier alpha value is -3.03. The smallest absolute Gasteiger partial charge is 0.170 e. The van der Waals surface area contributed by atoms with Gasteiger partial charge in [0.25, 0.3) is 0 Å². The fraction of sp³-hybridized carbons (Fsp3) is 0.125. The van der Waals surface area contributed by atoms with Crippen LogP contribution in [0.15, 0.2) is 96.0 Å². The molecule has 0 radical (unpaired) electrons. The average Bonchev–Trinajstić information content (AvgIpc) is 3.40. The number of pyridine rings is 2. The molecule has 1 fully saturated rings. The van der Waals surface area contributed by atoms with Crippen LogP contribution in [0.5, 0.6) is 0 Å². The lowest BCUT2D eigenvalue weighted by atomic mass is 10.0.